The summed E-state index contributed by atoms with van der Waals surface area (Å²) in [7, 11) is 3.11. The van der Waals surface area contributed by atoms with Crippen LogP contribution < -0.4 is 15.8 Å². The van der Waals surface area contributed by atoms with Crippen molar-refractivity contribution in [1.82, 2.24) is 9.55 Å². The van der Waals surface area contributed by atoms with Gasteiger partial charge in [0, 0.05) is 31.4 Å². The van der Waals surface area contributed by atoms with Gasteiger partial charge in [-0.2, -0.15) is 0 Å². The van der Waals surface area contributed by atoms with Crippen LogP contribution in [-0.2, 0) is 16.5 Å². The lowest BCUT2D eigenvalue weighted by Gasteiger charge is -2.29. The van der Waals surface area contributed by atoms with E-state index in [0.717, 1.165) is 5.56 Å². The molecule has 2 heterocycles. The fourth-order valence-corrected chi connectivity index (χ4v) is 3.91. The van der Waals surface area contributed by atoms with Crippen LogP contribution in [0.5, 0.6) is 0 Å². The van der Waals surface area contributed by atoms with Crippen molar-refractivity contribution in [2.24, 2.45) is 7.05 Å². The van der Waals surface area contributed by atoms with Gasteiger partial charge in [0.05, 0.1) is 42.8 Å². The number of rotatable bonds is 5. The Morgan fingerprint density at radius 2 is 1.90 bits per heavy atom. The van der Waals surface area contributed by atoms with Gasteiger partial charge in [-0.3, -0.25) is 9.36 Å². The minimum Gasteiger partial charge on any atom is -0.465 e. The Hall–Kier alpha value is -3.39. The monoisotopic (exact) mass is 422 g/mol. The Morgan fingerprint density at radius 3 is 2.65 bits per heavy atom. The summed E-state index contributed by atoms with van der Waals surface area (Å²) in [6, 6.07) is 12.6. The van der Waals surface area contributed by atoms with E-state index in [4.69, 9.17) is 14.5 Å². The zero-order valence-electron chi connectivity index (χ0n) is 17.9. The molecule has 1 aliphatic rings. The molecule has 0 bridgehead atoms. The quantitative estimate of drug-likeness (QED) is 0.633. The third-order valence-corrected chi connectivity index (χ3v) is 5.58. The number of benzene rings is 2. The van der Waals surface area contributed by atoms with E-state index in [1.807, 2.05) is 31.2 Å². The highest BCUT2D eigenvalue weighted by atomic mass is 16.5. The van der Waals surface area contributed by atoms with Crippen LogP contribution in [0.1, 0.15) is 28.9 Å². The predicted octanol–water partition coefficient (Wildman–Crippen LogP) is 2.73. The smallest absolute Gasteiger partial charge is 0.339 e. The van der Waals surface area contributed by atoms with Crippen LogP contribution >= 0.6 is 0 Å². The number of morpholine rings is 1. The summed E-state index contributed by atoms with van der Waals surface area (Å²) < 4.78 is 11.9. The number of fused-ring (bicyclic) bond motifs is 1. The maximum Gasteiger partial charge on any atom is 0.339 e. The summed E-state index contributed by atoms with van der Waals surface area (Å²) in [5, 5.41) is 3.95. The van der Waals surface area contributed by atoms with Crippen molar-refractivity contribution >= 4 is 28.5 Å². The minimum atomic E-state index is -0.408. The van der Waals surface area contributed by atoms with E-state index in [1.165, 1.54) is 7.11 Å². The maximum atomic E-state index is 13.1. The summed E-state index contributed by atoms with van der Waals surface area (Å²) in [5.41, 5.74) is 2.56. The molecule has 0 radical (unpaired) electrons. The fourth-order valence-electron chi connectivity index (χ4n) is 3.91. The number of ether oxygens (including phenoxy) is 2. The number of aromatic nitrogens is 2. The predicted molar refractivity (Wildman–Crippen MR) is 120 cm³/mol. The van der Waals surface area contributed by atoms with Crippen LogP contribution in [0.25, 0.3) is 10.9 Å². The van der Waals surface area contributed by atoms with Gasteiger partial charge in [0.15, 0.2) is 0 Å². The Bertz CT molecular complexity index is 1170. The zero-order chi connectivity index (χ0) is 22.0. The topological polar surface area (TPSA) is 85.7 Å². The number of hydrogen-bond donors (Lipinski definition) is 1. The number of nitrogens with one attached hydrogen (secondary N) is 1. The first-order chi connectivity index (χ1) is 15.0. The molecule has 1 N–H and O–H groups in total. The molecule has 8 nitrogen and oxygen atoms in total. The normalized spacial score (nSPS) is 15.0. The first kappa shape index (κ1) is 20.9. The zero-order valence-corrected chi connectivity index (χ0v) is 17.9. The molecule has 1 unspecified atom stereocenters. The van der Waals surface area contributed by atoms with Gasteiger partial charge in [0.1, 0.15) is 0 Å². The molecule has 0 spiro atoms. The molecule has 0 amide bonds. The van der Waals surface area contributed by atoms with E-state index < -0.39 is 5.97 Å². The molecule has 8 heteroatoms. The van der Waals surface area contributed by atoms with Crippen molar-refractivity contribution < 1.29 is 14.3 Å². The molecular weight excluding hydrogens is 396 g/mol. The molecule has 0 aliphatic carbocycles. The Balaban J connectivity index is 1.77. The summed E-state index contributed by atoms with van der Waals surface area (Å²) in [4.78, 5) is 32.2. The second kappa shape index (κ2) is 8.77. The van der Waals surface area contributed by atoms with Crippen LogP contribution in [0.4, 0.5) is 11.6 Å². The highest BCUT2D eigenvalue weighted by Crippen LogP contribution is 2.28. The van der Waals surface area contributed by atoms with E-state index in [9.17, 15) is 9.59 Å². The molecule has 2 aromatic carbocycles. The lowest BCUT2D eigenvalue weighted by Crippen LogP contribution is -2.40. The van der Waals surface area contributed by atoms with Gasteiger partial charge >= 0.3 is 5.97 Å². The van der Waals surface area contributed by atoms with Gasteiger partial charge in [0.25, 0.3) is 5.56 Å². The SMILES string of the molecule is COC(=O)c1ccccc1NC(C)c1cccc2c(=O)n(C)c(N3CCOCC3)nc12. The molecule has 3 aromatic rings. The first-order valence-corrected chi connectivity index (χ1v) is 10.3. The molecule has 1 aromatic heterocycles. The molecule has 31 heavy (non-hydrogen) atoms. The molecule has 1 aliphatic heterocycles. The lowest BCUT2D eigenvalue weighted by molar-refractivity contribution is 0.0602. The molecular formula is C23H26N4O4. The summed E-state index contributed by atoms with van der Waals surface area (Å²) in [6.45, 7) is 4.58. The molecule has 162 valence electrons. The molecule has 1 fully saturated rings. The van der Waals surface area contributed by atoms with Crippen molar-refractivity contribution in [2.45, 2.75) is 13.0 Å². The largest absolute Gasteiger partial charge is 0.465 e. The average molecular weight is 422 g/mol. The second-order valence-corrected chi connectivity index (χ2v) is 7.52. The maximum absolute atomic E-state index is 13.1. The van der Waals surface area contributed by atoms with E-state index in [2.05, 4.69) is 10.2 Å². The number of hydrogen-bond acceptors (Lipinski definition) is 7. The first-order valence-electron chi connectivity index (χ1n) is 10.3. The second-order valence-electron chi connectivity index (χ2n) is 7.52. The number of methoxy groups -OCH3 is 1. The van der Waals surface area contributed by atoms with Crippen LogP contribution in [0.15, 0.2) is 47.3 Å². The number of carbonyl (C=O) groups is 1. The van der Waals surface area contributed by atoms with Crippen LogP contribution in [0.2, 0.25) is 0 Å². The van der Waals surface area contributed by atoms with Crippen LogP contribution in [0.3, 0.4) is 0 Å². The highest BCUT2D eigenvalue weighted by molar-refractivity contribution is 5.95. The lowest BCUT2D eigenvalue weighted by atomic mass is 10.0. The Kier molecular flexibility index (Phi) is 5.90. The van der Waals surface area contributed by atoms with Gasteiger partial charge in [-0.1, -0.05) is 24.3 Å². The van der Waals surface area contributed by atoms with Gasteiger partial charge in [-0.05, 0) is 25.1 Å². The van der Waals surface area contributed by atoms with Crippen LogP contribution in [-0.4, -0.2) is 48.9 Å². The molecule has 4 rings (SSSR count). The third kappa shape index (κ3) is 3.98. The van der Waals surface area contributed by atoms with E-state index in [0.29, 0.717) is 54.4 Å². The Labute approximate surface area is 180 Å². The minimum absolute atomic E-state index is 0.0875. The van der Waals surface area contributed by atoms with Crippen molar-refractivity contribution in [3.63, 3.8) is 0 Å². The van der Waals surface area contributed by atoms with Gasteiger partial charge < -0.3 is 19.7 Å². The standard InChI is InChI=1S/C23H26N4O4/c1-15(24-19-10-5-4-7-17(19)22(29)30-3)16-8-6-9-18-20(16)25-23(26(2)21(18)28)27-11-13-31-14-12-27/h4-10,15,24H,11-14H2,1-3H3. The fraction of sp³-hybridized carbons (Fsp3) is 0.348. The number of nitrogens with zero attached hydrogens (tertiary/aromatic N) is 3. The number of esters is 1. The summed E-state index contributed by atoms with van der Waals surface area (Å²) in [6.07, 6.45) is 0. The van der Waals surface area contributed by atoms with E-state index in [-0.39, 0.29) is 11.6 Å². The van der Waals surface area contributed by atoms with Crippen molar-refractivity contribution in [2.75, 3.05) is 43.6 Å². The van der Waals surface area contributed by atoms with Crippen LogP contribution in [0, 0.1) is 0 Å². The number of carbonyl (C=O) groups excluding carboxylic acids is 1. The third-order valence-electron chi connectivity index (χ3n) is 5.58. The summed E-state index contributed by atoms with van der Waals surface area (Å²) in [5.74, 6) is 0.227. The van der Waals surface area contributed by atoms with E-state index >= 15 is 0 Å². The van der Waals surface area contributed by atoms with E-state index in [1.54, 1.807) is 29.8 Å². The van der Waals surface area contributed by atoms with Gasteiger partial charge in [-0.15, -0.1) is 0 Å². The van der Waals surface area contributed by atoms with Crippen molar-refractivity contribution in [3.05, 3.63) is 63.9 Å². The number of para-hydroxylation sites is 2. The summed E-state index contributed by atoms with van der Waals surface area (Å²) >= 11 is 0. The molecule has 1 atom stereocenters. The highest BCUT2D eigenvalue weighted by Gasteiger charge is 2.21. The van der Waals surface area contributed by atoms with Gasteiger partial charge in [-0.25, -0.2) is 9.78 Å². The molecule has 1 saturated heterocycles. The van der Waals surface area contributed by atoms with Crippen molar-refractivity contribution in [1.29, 1.82) is 0 Å². The number of anilines is 2. The van der Waals surface area contributed by atoms with Crippen molar-refractivity contribution in [3.8, 4) is 0 Å². The van der Waals surface area contributed by atoms with Gasteiger partial charge in [0.2, 0.25) is 5.95 Å². The molecule has 0 saturated carbocycles. The average Bonchev–Trinajstić information content (AvgIpc) is 2.81. The Morgan fingerprint density at radius 1 is 1.16 bits per heavy atom.